The minimum atomic E-state index is -3.75. The molecule has 0 aliphatic rings. The second-order valence-electron chi connectivity index (χ2n) is 7.05. The van der Waals surface area contributed by atoms with E-state index in [4.69, 9.17) is 16.3 Å². The van der Waals surface area contributed by atoms with Crippen molar-refractivity contribution in [3.63, 3.8) is 0 Å². The quantitative estimate of drug-likeness (QED) is 0.535. The highest BCUT2D eigenvalue weighted by Crippen LogP contribution is 2.21. The van der Waals surface area contributed by atoms with E-state index in [1.807, 2.05) is 24.3 Å². The number of nitrogens with one attached hydrogen (secondary N) is 2. The summed E-state index contributed by atoms with van der Waals surface area (Å²) >= 11 is 6.13. The Morgan fingerprint density at radius 2 is 1.87 bits per heavy atom. The van der Waals surface area contributed by atoms with Crippen LogP contribution in [0.15, 0.2) is 59.6 Å². The maximum absolute atomic E-state index is 12.6. The minimum Gasteiger partial charge on any atom is -0.497 e. The lowest BCUT2D eigenvalue weighted by molar-refractivity contribution is 0.0950. The van der Waals surface area contributed by atoms with Crippen molar-refractivity contribution < 1.29 is 17.9 Å². The number of hydrogen-bond acceptors (Lipinski definition) is 5. The van der Waals surface area contributed by atoms with Crippen LogP contribution in [-0.2, 0) is 16.6 Å². The van der Waals surface area contributed by atoms with Crippen LogP contribution in [0, 0.1) is 0 Å². The summed E-state index contributed by atoms with van der Waals surface area (Å²) in [5.74, 6) is 0.249. The summed E-state index contributed by atoms with van der Waals surface area (Å²) < 4.78 is 34.1. The van der Waals surface area contributed by atoms with E-state index in [9.17, 15) is 13.2 Å². The van der Waals surface area contributed by atoms with E-state index < -0.39 is 15.9 Å². The lowest BCUT2D eigenvalue weighted by Crippen LogP contribution is -2.30. The molecule has 0 bridgehead atoms. The number of rotatable bonds is 8. The molecule has 0 fully saturated rings. The molecule has 8 nitrogen and oxygen atoms in total. The van der Waals surface area contributed by atoms with Gasteiger partial charge in [0.15, 0.2) is 0 Å². The number of aromatic nitrogens is 2. The molecule has 0 saturated heterocycles. The molecule has 0 atom stereocenters. The zero-order valence-corrected chi connectivity index (χ0v) is 18.9. The first-order valence-corrected chi connectivity index (χ1v) is 11.3. The van der Waals surface area contributed by atoms with Gasteiger partial charge in [-0.2, -0.15) is 5.10 Å². The zero-order valence-electron chi connectivity index (χ0n) is 17.3. The number of hydrogen-bond donors (Lipinski definition) is 2. The molecule has 2 aromatic carbocycles. The van der Waals surface area contributed by atoms with Gasteiger partial charge < -0.3 is 10.1 Å². The van der Waals surface area contributed by atoms with Gasteiger partial charge in [0.1, 0.15) is 5.75 Å². The molecule has 1 amide bonds. The molecule has 10 heteroatoms. The van der Waals surface area contributed by atoms with Gasteiger partial charge in [-0.05, 0) is 62.4 Å². The molecule has 1 heterocycles. The summed E-state index contributed by atoms with van der Waals surface area (Å²) in [6, 6.07) is 12.9. The predicted octanol–water partition coefficient (Wildman–Crippen LogP) is 3.15. The summed E-state index contributed by atoms with van der Waals surface area (Å²) in [4.78, 5) is 12.6. The van der Waals surface area contributed by atoms with Crippen molar-refractivity contribution in [3.05, 3.63) is 71.0 Å². The standard InChI is InChI=1S/C21H23ClN4O4S/c1-14(2)25-31(28,29)18-8-9-20(22)19(12-18)21(27)23-13-15-10-11-26(24-15)16-4-6-17(30-3)7-5-16/h4-12,14,25H,13H2,1-3H3,(H,23,27). The zero-order chi connectivity index (χ0) is 22.6. The molecule has 0 spiro atoms. The number of ether oxygens (including phenoxy) is 1. The van der Waals surface area contributed by atoms with E-state index in [1.54, 1.807) is 37.9 Å². The van der Waals surface area contributed by atoms with Gasteiger partial charge in [-0.1, -0.05) is 11.6 Å². The highest BCUT2D eigenvalue weighted by Gasteiger charge is 2.19. The minimum absolute atomic E-state index is 0.0282. The fourth-order valence-corrected chi connectivity index (χ4v) is 4.30. The fourth-order valence-electron chi connectivity index (χ4n) is 2.82. The summed E-state index contributed by atoms with van der Waals surface area (Å²) in [5.41, 5.74) is 1.55. The van der Waals surface area contributed by atoms with Crippen LogP contribution in [-0.4, -0.2) is 37.3 Å². The Morgan fingerprint density at radius 1 is 1.16 bits per heavy atom. The number of carbonyl (C=O) groups excluding carboxylic acids is 1. The van der Waals surface area contributed by atoms with Crippen LogP contribution in [0.4, 0.5) is 0 Å². The van der Waals surface area contributed by atoms with Gasteiger partial charge in [0.2, 0.25) is 10.0 Å². The maximum Gasteiger partial charge on any atom is 0.253 e. The first kappa shape index (κ1) is 22.8. The molecule has 164 valence electrons. The monoisotopic (exact) mass is 462 g/mol. The van der Waals surface area contributed by atoms with Crippen molar-refractivity contribution in [1.82, 2.24) is 19.8 Å². The lowest BCUT2D eigenvalue weighted by Gasteiger charge is -2.11. The van der Waals surface area contributed by atoms with Crippen LogP contribution >= 0.6 is 11.6 Å². The van der Waals surface area contributed by atoms with Gasteiger partial charge in [0, 0.05) is 12.2 Å². The van der Waals surface area contributed by atoms with Crippen molar-refractivity contribution in [2.45, 2.75) is 31.3 Å². The molecule has 1 aromatic heterocycles. The second kappa shape index (κ2) is 9.51. The smallest absolute Gasteiger partial charge is 0.253 e. The molecule has 2 N–H and O–H groups in total. The highest BCUT2D eigenvalue weighted by atomic mass is 35.5. The molecule has 3 aromatic rings. The van der Waals surface area contributed by atoms with Crippen LogP contribution in [0.3, 0.4) is 0 Å². The van der Waals surface area contributed by atoms with E-state index in [0.29, 0.717) is 5.69 Å². The fraction of sp³-hybridized carbons (Fsp3) is 0.238. The molecule has 31 heavy (non-hydrogen) atoms. The third-order valence-corrected chi connectivity index (χ3v) is 6.28. The molecular weight excluding hydrogens is 440 g/mol. The molecule has 0 aliphatic heterocycles. The molecule has 0 saturated carbocycles. The average molecular weight is 463 g/mol. The predicted molar refractivity (Wildman–Crippen MR) is 118 cm³/mol. The van der Waals surface area contributed by atoms with Crippen molar-refractivity contribution in [1.29, 1.82) is 0 Å². The van der Waals surface area contributed by atoms with E-state index in [0.717, 1.165) is 11.4 Å². The molecule has 0 aliphatic carbocycles. The summed E-state index contributed by atoms with van der Waals surface area (Å²) in [7, 11) is -2.15. The Balaban J connectivity index is 1.71. The van der Waals surface area contributed by atoms with Gasteiger partial charge in [0.05, 0.1) is 40.5 Å². The Bertz CT molecular complexity index is 1170. The number of carbonyl (C=O) groups is 1. The highest BCUT2D eigenvalue weighted by molar-refractivity contribution is 7.89. The third kappa shape index (κ3) is 5.63. The SMILES string of the molecule is COc1ccc(-n2ccc(CNC(=O)c3cc(S(=O)(=O)NC(C)C)ccc3Cl)n2)cc1. The number of nitrogens with zero attached hydrogens (tertiary/aromatic N) is 2. The van der Waals surface area contributed by atoms with Gasteiger partial charge in [0.25, 0.3) is 5.91 Å². The number of sulfonamides is 1. The van der Waals surface area contributed by atoms with Crippen molar-refractivity contribution in [2.75, 3.05) is 7.11 Å². The number of benzene rings is 2. The summed E-state index contributed by atoms with van der Waals surface area (Å²) in [6.07, 6.45) is 1.78. The molecule has 0 unspecified atom stereocenters. The lowest BCUT2D eigenvalue weighted by atomic mass is 10.2. The topological polar surface area (TPSA) is 102 Å². The van der Waals surface area contributed by atoms with Crippen LogP contribution < -0.4 is 14.8 Å². The van der Waals surface area contributed by atoms with Crippen LogP contribution in [0.5, 0.6) is 5.75 Å². The maximum atomic E-state index is 12.6. The number of amides is 1. The Labute approximate surface area is 186 Å². The number of halogens is 1. The Kier molecular flexibility index (Phi) is 6.99. The van der Waals surface area contributed by atoms with Crippen molar-refractivity contribution >= 4 is 27.5 Å². The Hall–Kier alpha value is -2.88. The second-order valence-corrected chi connectivity index (χ2v) is 9.17. The van der Waals surface area contributed by atoms with E-state index in [2.05, 4.69) is 15.1 Å². The van der Waals surface area contributed by atoms with Gasteiger partial charge in [-0.25, -0.2) is 17.8 Å². The first-order valence-electron chi connectivity index (χ1n) is 9.48. The van der Waals surface area contributed by atoms with Gasteiger partial charge >= 0.3 is 0 Å². The van der Waals surface area contributed by atoms with Crippen LogP contribution in [0.1, 0.15) is 29.9 Å². The van der Waals surface area contributed by atoms with Gasteiger partial charge in [-0.15, -0.1) is 0 Å². The normalized spacial score (nSPS) is 11.5. The Morgan fingerprint density at radius 3 is 2.52 bits per heavy atom. The van der Waals surface area contributed by atoms with Crippen molar-refractivity contribution in [3.8, 4) is 11.4 Å². The van der Waals surface area contributed by atoms with E-state index in [-0.39, 0.29) is 28.1 Å². The largest absolute Gasteiger partial charge is 0.497 e. The van der Waals surface area contributed by atoms with Gasteiger partial charge in [-0.3, -0.25) is 4.79 Å². The molecule has 3 rings (SSSR count). The van der Waals surface area contributed by atoms with E-state index in [1.165, 1.54) is 18.2 Å². The average Bonchev–Trinajstić information content (AvgIpc) is 3.20. The van der Waals surface area contributed by atoms with Crippen LogP contribution in [0.2, 0.25) is 5.02 Å². The summed E-state index contributed by atoms with van der Waals surface area (Å²) in [5, 5.41) is 7.32. The molecular formula is C21H23ClN4O4S. The van der Waals surface area contributed by atoms with Crippen LogP contribution in [0.25, 0.3) is 5.69 Å². The summed E-state index contributed by atoms with van der Waals surface area (Å²) in [6.45, 7) is 3.58. The molecule has 0 radical (unpaired) electrons. The number of methoxy groups -OCH3 is 1. The first-order chi connectivity index (χ1) is 14.7. The van der Waals surface area contributed by atoms with E-state index >= 15 is 0 Å². The van der Waals surface area contributed by atoms with Crippen molar-refractivity contribution in [2.24, 2.45) is 0 Å². The third-order valence-electron chi connectivity index (χ3n) is 4.29.